The number of hydrogen-bond donors (Lipinski definition) is 2. The van der Waals surface area contributed by atoms with Crippen molar-refractivity contribution in [1.82, 2.24) is 5.32 Å². The van der Waals surface area contributed by atoms with E-state index in [1.165, 1.54) is 0 Å². The molecule has 0 aliphatic rings. The van der Waals surface area contributed by atoms with Crippen LogP contribution in [-0.4, -0.2) is 51.7 Å². The zero-order valence-corrected chi connectivity index (χ0v) is 7.17. The van der Waals surface area contributed by atoms with Crippen molar-refractivity contribution in [2.75, 3.05) is 40.6 Å². The van der Waals surface area contributed by atoms with Gasteiger partial charge in [0.1, 0.15) is 0 Å². The van der Waals surface area contributed by atoms with Gasteiger partial charge in [-0.05, 0) is 0 Å². The van der Waals surface area contributed by atoms with Crippen molar-refractivity contribution in [2.24, 2.45) is 0 Å². The molecule has 0 fully saturated rings. The molecule has 0 aliphatic carbocycles. The molecule has 0 bridgehead atoms. The van der Waals surface area contributed by atoms with E-state index in [0.717, 1.165) is 6.54 Å². The normalized spacial score (nSPS) is 13.4. The fourth-order valence-electron chi connectivity index (χ4n) is 0.742. The van der Waals surface area contributed by atoms with Crippen molar-refractivity contribution in [1.29, 1.82) is 0 Å². The van der Waals surface area contributed by atoms with Crippen LogP contribution in [0.3, 0.4) is 0 Å². The molecule has 4 nitrogen and oxygen atoms in total. The van der Waals surface area contributed by atoms with Crippen LogP contribution < -0.4 is 5.32 Å². The molecule has 0 saturated carbocycles. The Morgan fingerprint density at radius 2 is 2.09 bits per heavy atom. The lowest BCUT2D eigenvalue weighted by molar-refractivity contribution is 0.120. The molecule has 2 N–H and O–H groups in total. The van der Waals surface area contributed by atoms with Gasteiger partial charge in [0.25, 0.3) is 0 Å². The van der Waals surface area contributed by atoms with Crippen molar-refractivity contribution in [3.63, 3.8) is 0 Å². The van der Waals surface area contributed by atoms with E-state index in [4.69, 9.17) is 14.6 Å². The SMILES string of the molecule is COCCN[C@H](CO)COC. The monoisotopic (exact) mass is 163 g/mol. The van der Waals surface area contributed by atoms with E-state index in [2.05, 4.69) is 5.32 Å². The first-order valence-corrected chi connectivity index (χ1v) is 3.67. The van der Waals surface area contributed by atoms with Gasteiger partial charge in [-0.25, -0.2) is 0 Å². The van der Waals surface area contributed by atoms with E-state index >= 15 is 0 Å². The molecule has 0 unspecified atom stereocenters. The molecule has 11 heavy (non-hydrogen) atoms. The third-order valence-corrected chi connectivity index (χ3v) is 1.33. The average Bonchev–Trinajstić information content (AvgIpc) is 2.03. The standard InChI is InChI=1S/C7H17NO3/c1-10-4-3-8-7(5-9)6-11-2/h7-9H,3-6H2,1-2H3/t7-/m1/s1. The van der Waals surface area contributed by atoms with Crippen LogP contribution in [0.4, 0.5) is 0 Å². The zero-order valence-electron chi connectivity index (χ0n) is 7.17. The summed E-state index contributed by atoms with van der Waals surface area (Å²) in [5.74, 6) is 0. The fraction of sp³-hybridized carbons (Fsp3) is 1.00. The summed E-state index contributed by atoms with van der Waals surface area (Å²) in [6.07, 6.45) is 0. The predicted molar refractivity (Wildman–Crippen MR) is 42.6 cm³/mol. The van der Waals surface area contributed by atoms with Gasteiger partial charge in [-0.1, -0.05) is 0 Å². The first kappa shape index (κ1) is 10.8. The van der Waals surface area contributed by atoms with Gasteiger partial charge in [-0.15, -0.1) is 0 Å². The van der Waals surface area contributed by atoms with Gasteiger partial charge in [-0.2, -0.15) is 0 Å². The minimum atomic E-state index is 0.0233. The maximum atomic E-state index is 8.77. The molecule has 0 radical (unpaired) electrons. The molecule has 0 aliphatic heterocycles. The van der Waals surface area contributed by atoms with Crippen molar-refractivity contribution in [3.05, 3.63) is 0 Å². The Morgan fingerprint density at radius 1 is 1.36 bits per heavy atom. The number of methoxy groups -OCH3 is 2. The maximum absolute atomic E-state index is 8.77. The first-order valence-electron chi connectivity index (χ1n) is 3.67. The van der Waals surface area contributed by atoms with Crippen LogP contribution in [0.1, 0.15) is 0 Å². The Morgan fingerprint density at radius 3 is 2.55 bits per heavy atom. The van der Waals surface area contributed by atoms with Crippen LogP contribution in [0.15, 0.2) is 0 Å². The summed E-state index contributed by atoms with van der Waals surface area (Å²) >= 11 is 0. The Balaban J connectivity index is 3.20. The highest BCUT2D eigenvalue weighted by molar-refractivity contribution is 4.63. The molecule has 0 aromatic carbocycles. The first-order chi connectivity index (χ1) is 5.35. The molecular weight excluding hydrogens is 146 g/mol. The van der Waals surface area contributed by atoms with Crippen LogP contribution >= 0.6 is 0 Å². The van der Waals surface area contributed by atoms with E-state index in [1.807, 2.05) is 0 Å². The molecule has 0 saturated heterocycles. The third-order valence-electron chi connectivity index (χ3n) is 1.33. The predicted octanol–water partition coefficient (Wildman–Crippen LogP) is -0.770. The van der Waals surface area contributed by atoms with Gasteiger partial charge >= 0.3 is 0 Å². The summed E-state index contributed by atoms with van der Waals surface area (Å²) in [5, 5.41) is 11.8. The van der Waals surface area contributed by atoms with Crippen LogP contribution in [0.5, 0.6) is 0 Å². The highest BCUT2D eigenvalue weighted by atomic mass is 16.5. The lowest BCUT2D eigenvalue weighted by atomic mass is 10.3. The van der Waals surface area contributed by atoms with Gasteiger partial charge in [0.2, 0.25) is 0 Å². The van der Waals surface area contributed by atoms with Gasteiger partial charge in [0, 0.05) is 20.8 Å². The Hall–Kier alpha value is -0.160. The second-order valence-electron chi connectivity index (χ2n) is 2.28. The summed E-state index contributed by atoms with van der Waals surface area (Å²) in [6, 6.07) is 0.0233. The molecule has 0 rings (SSSR count). The van der Waals surface area contributed by atoms with Crippen molar-refractivity contribution < 1.29 is 14.6 Å². The largest absolute Gasteiger partial charge is 0.395 e. The molecule has 0 heterocycles. The Kier molecular flexibility index (Phi) is 7.83. The highest BCUT2D eigenvalue weighted by Crippen LogP contribution is 1.81. The van der Waals surface area contributed by atoms with Crippen LogP contribution in [0, 0.1) is 0 Å². The third kappa shape index (κ3) is 6.25. The zero-order chi connectivity index (χ0) is 8.53. The van der Waals surface area contributed by atoms with Gasteiger partial charge in [0.05, 0.1) is 25.9 Å². The van der Waals surface area contributed by atoms with Crippen molar-refractivity contribution in [3.8, 4) is 0 Å². The molecule has 4 heteroatoms. The van der Waals surface area contributed by atoms with Crippen LogP contribution in [0.2, 0.25) is 0 Å². The Labute approximate surface area is 67.5 Å². The molecule has 1 atom stereocenters. The summed E-state index contributed by atoms with van der Waals surface area (Å²) in [4.78, 5) is 0. The minimum Gasteiger partial charge on any atom is -0.395 e. The van der Waals surface area contributed by atoms with E-state index in [-0.39, 0.29) is 12.6 Å². The number of aliphatic hydroxyl groups excluding tert-OH is 1. The molecule has 0 spiro atoms. The van der Waals surface area contributed by atoms with Crippen LogP contribution in [-0.2, 0) is 9.47 Å². The number of aliphatic hydroxyl groups is 1. The van der Waals surface area contributed by atoms with E-state index in [1.54, 1.807) is 14.2 Å². The molecule has 0 aromatic rings. The van der Waals surface area contributed by atoms with Gasteiger partial charge < -0.3 is 19.9 Å². The summed E-state index contributed by atoms with van der Waals surface area (Å²) in [5.41, 5.74) is 0. The average molecular weight is 163 g/mol. The molecule has 68 valence electrons. The summed E-state index contributed by atoms with van der Waals surface area (Å²) in [7, 11) is 3.26. The lowest BCUT2D eigenvalue weighted by Gasteiger charge is -2.14. The molecule has 0 aromatic heterocycles. The van der Waals surface area contributed by atoms with Gasteiger partial charge in [0.15, 0.2) is 0 Å². The summed E-state index contributed by atoms with van der Waals surface area (Å²) < 4.78 is 9.69. The quantitative estimate of drug-likeness (QED) is 0.484. The fourth-order valence-corrected chi connectivity index (χ4v) is 0.742. The number of ether oxygens (including phenoxy) is 2. The van der Waals surface area contributed by atoms with E-state index in [0.29, 0.717) is 13.2 Å². The highest BCUT2D eigenvalue weighted by Gasteiger charge is 2.03. The van der Waals surface area contributed by atoms with E-state index < -0.39 is 0 Å². The number of nitrogens with one attached hydrogen (secondary N) is 1. The summed E-state index contributed by atoms with van der Waals surface area (Å²) in [6.45, 7) is 2.02. The second kappa shape index (κ2) is 7.94. The minimum absolute atomic E-state index is 0.0233. The smallest absolute Gasteiger partial charge is 0.0638 e. The number of hydrogen-bond acceptors (Lipinski definition) is 4. The van der Waals surface area contributed by atoms with Gasteiger partial charge in [-0.3, -0.25) is 0 Å². The van der Waals surface area contributed by atoms with Crippen molar-refractivity contribution >= 4 is 0 Å². The molecule has 0 amide bonds. The molecular formula is C7H17NO3. The van der Waals surface area contributed by atoms with E-state index in [9.17, 15) is 0 Å². The number of rotatable bonds is 7. The van der Waals surface area contributed by atoms with Crippen LogP contribution in [0.25, 0.3) is 0 Å². The van der Waals surface area contributed by atoms with Crippen molar-refractivity contribution in [2.45, 2.75) is 6.04 Å². The second-order valence-corrected chi connectivity index (χ2v) is 2.28. The Bertz CT molecular complexity index is 80.1. The lowest BCUT2D eigenvalue weighted by Crippen LogP contribution is -2.38. The topological polar surface area (TPSA) is 50.7 Å². The maximum Gasteiger partial charge on any atom is 0.0638 e.